The van der Waals surface area contributed by atoms with Gasteiger partial charge < -0.3 is 14.8 Å². The summed E-state index contributed by atoms with van der Waals surface area (Å²) in [5.41, 5.74) is 1.41. The zero-order valence-corrected chi connectivity index (χ0v) is 11.8. The van der Waals surface area contributed by atoms with Gasteiger partial charge in [0, 0.05) is 12.1 Å². The molecule has 2 aromatic rings. The largest absolute Gasteiger partial charge is 0.454 e. The van der Waals surface area contributed by atoms with Crippen LogP contribution in [0.3, 0.4) is 0 Å². The van der Waals surface area contributed by atoms with E-state index in [0.717, 1.165) is 5.56 Å². The van der Waals surface area contributed by atoms with Crippen LogP contribution in [0.2, 0.25) is 10.0 Å². The zero-order valence-electron chi connectivity index (χ0n) is 10.3. The molecule has 2 aromatic carbocycles. The van der Waals surface area contributed by atoms with Crippen LogP contribution in [0.1, 0.15) is 5.56 Å². The SMILES string of the molecule is Fc1cc(Cl)c(NCc2cccc3c2OCO3)c(Cl)c1. The van der Waals surface area contributed by atoms with Crippen LogP contribution in [-0.2, 0) is 6.54 Å². The summed E-state index contributed by atoms with van der Waals surface area (Å²) in [6.45, 7) is 0.655. The summed E-state index contributed by atoms with van der Waals surface area (Å²) in [6.07, 6.45) is 0. The normalized spacial score (nSPS) is 12.6. The fourth-order valence-corrected chi connectivity index (χ4v) is 2.62. The first-order chi connectivity index (χ1) is 9.65. The molecule has 0 saturated heterocycles. The van der Waals surface area contributed by atoms with Crippen molar-refractivity contribution < 1.29 is 13.9 Å². The zero-order chi connectivity index (χ0) is 14.1. The molecule has 0 unspecified atom stereocenters. The summed E-state index contributed by atoms with van der Waals surface area (Å²) in [4.78, 5) is 0. The van der Waals surface area contributed by atoms with Crippen LogP contribution in [0.4, 0.5) is 10.1 Å². The van der Waals surface area contributed by atoms with E-state index in [1.807, 2.05) is 18.2 Å². The fourth-order valence-electron chi connectivity index (χ4n) is 2.02. The first kappa shape index (κ1) is 13.3. The van der Waals surface area contributed by atoms with E-state index in [9.17, 15) is 4.39 Å². The predicted octanol–water partition coefficient (Wildman–Crippen LogP) is 4.47. The molecule has 104 valence electrons. The van der Waals surface area contributed by atoms with E-state index < -0.39 is 5.82 Å². The van der Waals surface area contributed by atoms with Crippen LogP contribution < -0.4 is 14.8 Å². The first-order valence-electron chi connectivity index (χ1n) is 5.91. The molecule has 6 heteroatoms. The number of rotatable bonds is 3. The molecule has 0 aliphatic carbocycles. The minimum Gasteiger partial charge on any atom is -0.454 e. The molecule has 0 fully saturated rings. The lowest BCUT2D eigenvalue weighted by Gasteiger charge is -2.12. The molecular formula is C14H10Cl2FNO2. The van der Waals surface area contributed by atoms with Crippen molar-refractivity contribution in [2.75, 3.05) is 12.1 Å². The highest BCUT2D eigenvalue weighted by Crippen LogP contribution is 2.37. The molecule has 3 nitrogen and oxygen atoms in total. The topological polar surface area (TPSA) is 30.5 Å². The van der Waals surface area contributed by atoms with Crippen LogP contribution in [0.25, 0.3) is 0 Å². The van der Waals surface area contributed by atoms with E-state index >= 15 is 0 Å². The lowest BCUT2D eigenvalue weighted by Crippen LogP contribution is -2.02. The molecule has 0 spiro atoms. The van der Waals surface area contributed by atoms with Gasteiger partial charge in [-0.15, -0.1) is 0 Å². The van der Waals surface area contributed by atoms with Crippen molar-refractivity contribution in [2.45, 2.75) is 6.54 Å². The number of nitrogens with one attached hydrogen (secondary N) is 1. The molecule has 0 amide bonds. The van der Waals surface area contributed by atoms with Gasteiger partial charge in [0.2, 0.25) is 6.79 Å². The second-order valence-corrected chi connectivity index (χ2v) is 5.06. The first-order valence-corrected chi connectivity index (χ1v) is 6.66. The molecule has 0 saturated carbocycles. The summed E-state index contributed by atoms with van der Waals surface area (Å²) in [5, 5.41) is 3.56. The Kier molecular flexibility index (Phi) is 3.59. The quantitative estimate of drug-likeness (QED) is 0.906. The van der Waals surface area contributed by atoms with Gasteiger partial charge in [0.15, 0.2) is 11.5 Å². The average molecular weight is 314 g/mol. The van der Waals surface area contributed by atoms with Crippen LogP contribution in [0, 0.1) is 5.82 Å². The Balaban J connectivity index is 1.83. The highest BCUT2D eigenvalue weighted by atomic mass is 35.5. The molecular weight excluding hydrogens is 304 g/mol. The Morgan fingerprint density at radius 2 is 1.90 bits per heavy atom. The Labute approximate surface area is 125 Å². The summed E-state index contributed by atoms with van der Waals surface area (Å²) >= 11 is 12.0. The molecule has 1 aliphatic heterocycles. The van der Waals surface area contributed by atoms with Gasteiger partial charge in [0.05, 0.1) is 15.7 Å². The number of hydrogen-bond acceptors (Lipinski definition) is 3. The van der Waals surface area contributed by atoms with Crippen LogP contribution in [-0.4, -0.2) is 6.79 Å². The van der Waals surface area contributed by atoms with Gasteiger partial charge in [0.1, 0.15) is 5.82 Å². The maximum Gasteiger partial charge on any atom is 0.231 e. The molecule has 0 aromatic heterocycles. The van der Waals surface area contributed by atoms with E-state index in [1.54, 1.807) is 0 Å². The van der Waals surface area contributed by atoms with Gasteiger partial charge in [-0.25, -0.2) is 4.39 Å². The number of hydrogen-bond donors (Lipinski definition) is 1. The smallest absolute Gasteiger partial charge is 0.231 e. The van der Waals surface area contributed by atoms with Crippen LogP contribution >= 0.6 is 23.2 Å². The van der Waals surface area contributed by atoms with Gasteiger partial charge >= 0.3 is 0 Å². The van der Waals surface area contributed by atoms with Crippen molar-refractivity contribution >= 4 is 28.9 Å². The van der Waals surface area contributed by atoms with Gasteiger partial charge in [-0.3, -0.25) is 0 Å². The van der Waals surface area contributed by atoms with E-state index in [-0.39, 0.29) is 16.8 Å². The Bertz CT molecular complexity index is 641. The van der Waals surface area contributed by atoms with Gasteiger partial charge in [-0.2, -0.15) is 0 Å². The highest BCUT2D eigenvalue weighted by Gasteiger charge is 2.17. The maximum atomic E-state index is 13.1. The number of halogens is 3. The molecule has 1 heterocycles. The summed E-state index contributed by atoms with van der Waals surface area (Å²) < 4.78 is 23.8. The van der Waals surface area contributed by atoms with Gasteiger partial charge in [0.25, 0.3) is 0 Å². The van der Waals surface area contributed by atoms with E-state index in [4.69, 9.17) is 32.7 Å². The third-order valence-corrected chi connectivity index (χ3v) is 3.54. The molecule has 1 aliphatic rings. The van der Waals surface area contributed by atoms with Gasteiger partial charge in [-0.1, -0.05) is 35.3 Å². The minimum absolute atomic E-state index is 0.213. The summed E-state index contributed by atoms with van der Waals surface area (Å²) in [7, 11) is 0. The Hall–Kier alpha value is -1.65. The Morgan fingerprint density at radius 1 is 1.15 bits per heavy atom. The third kappa shape index (κ3) is 2.49. The van der Waals surface area contributed by atoms with E-state index in [1.165, 1.54) is 12.1 Å². The van der Waals surface area contributed by atoms with Crippen LogP contribution in [0.5, 0.6) is 11.5 Å². The number of ether oxygens (including phenoxy) is 2. The lowest BCUT2D eigenvalue weighted by atomic mass is 10.2. The molecule has 20 heavy (non-hydrogen) atoms. The third-order valence-electron chi connectivity index (χ3n) is 2.94. The second-order valence-electron chi connectivity index (χ2n) is 4.25. The molecule has 0 bridgehead atoms. The van der Waals surface area contributed by atoms with Crippen molar-refractivity contribution in [3.05, 3.63) is 51.8 Å². The maximum absolute atomic E-state index is 13.1. The lowest BCUT2D eigenvalue weighted by molar-refractivity contribution is 0.173. The van der Waals surface area contributed by atoms with Crippen molar-refractivity contribution in [3.8, 4) is 11.5 Å². The second kappa shape index (κ2) is 5.38. The molecule has 3 rings (SSSR count). The van der Waals surface area contributed by atoms with Crippen molar-refractivity contribution in [1.29, 1.82) is 0 Å². The van der Waals surface area contributed by atoms with E-state index in [2.05, 4.69) is 5.32 Å². The van der Waals surface area contributed by atoms with E-state index in [0.29, 0.717) is 23.7 Å². The number of benzene rings is 2. The molecule has 0 radical (unpaired) electrons. The van der Waals surface area contributed by atoms with Gasteiger partial charge in [-0.05, 0) is 18.2 Å². The van der Waals surface area contributed by atoms with Crippen molar-refractivity contribution in [1.82, 2.24) is 0 Å². The van der Waals surface area contributed by atoms with Crippen LogP contribution in [0.15, 0.2) is 30.3 Å². The number of para-hydroxylation sites is 1. The predicted molar refractivity (Wildman–Crippen MR) is 76.3 cm³/mol. The summed E-state index contributed by atoms with van der Waals surface area (Å²) in [6, 6.07) is 8.05. The summed E-state index contributed by atoms with van der Waals surface area (Å²) in [5.74, 6) is 0.942. The Morgan fingerprint density at radius 3 is 2.65 bits per heavy atom. The minimum atomic E-state index is -0.470. The van der Waals surface area contributed by atoms with Crippen molar-refractivity contribution in [3.63, 3.8) is 0 Å². The fraction of sp³-hybridized carbons (Fsp3) is 0.143. The average Bonchev–Trinajstić information content (AvgIpc) is 2.86. The monoisotopic (exact) mass is 313 g/mol. The molecule has 0 atom stereocenters. The number of fused-ring (bicyclic) bond motifs is 1. The molecule has 1 N–H and O–H groups in total. The highest BCUT2D eigenvalue weighted by molar-refractivity contribution is 6.39. The number of anilines is 1. The van der Waals surface area contributed by atoms with Crippen molar-refractivity contribution in [2.24, 2.45) is 0 Å². The standard InChI is InChI=1S/C14H10Cl2FNO2/c15-10-4-9(17)5-11(16)13(10)18-6-8-2-1-3-12-14(8)20-7-19-12/h1-5,18H,6-7H2.